The fraction of sp³-hybridized carbons (Fsp3) is 0.333. The van der Waals surface area contributed by atoms with Gasteiger partial charge >= 0.3 is 5.97 Å². The molecule has 0 aliphatic carbocycles. The maximum absolute atomic E-state index is 12.3. The van der Waals surface area contributed by atoms with Crippen molar-refractivity contribution in [2.45, 2.75) is 46.5 Å². The van der Waals surface area contributed by atoms with E-state index in [0.29, 0.717) is 0 Å². The van der Waals surface area contributed by atoms with Crippen LogP contribution in [0.4, 0.5) is 5.69 Å². The standard InChI is InChI=1S/C24H27NO4/c1-5-17-9-10-20-18(13-28-21(20)11-17)12-23(27)29-14-22(26)25-24-16(4)7-6-8-19(24)15(2)3/h6-11,13,15H,5,12,14H2,1-4H3,(H,25,26). The molecule has 0 saturated heterocycles. The number of esters is 1. The zero-order valence-corrected chi connectivity index (χ0v) is 17.4. The highest BCUT2D eigenvalue weighted by Crippen LogP contribution is 2.27. The summed E-state index contributed by atoms with van der Waals surface area (Å²) in [5.41, 5.74) is 5.51. The van der Waals surface area contributed by atoms with Crippen LogP contribution in [-0.2, 0) is 27.2 Å². The molecule has 29 heavy (non-hydrogen) atoms. The van der Waals surface area contributed by atoms with Gasteiger partial charge in [-0.15, -0.1) is 0 Å². The molecule has 1 aromatic heterocycles. The first-order valence-corrected chi connectivity index (χ1v) is 9.93. The number of anilines is 1. The molecule has 0 fully saturated rings. The van der Waals surface area contributed by atoms with Gasteiger partial charge in [0.05, 0.1) is 12.7 Å². The molecule has 0 spiro atoms. The van der Waals surface area contributed by atoms with Gasteiger partial charge in [0.1, 0.15) is 5.58 Å². The van der Waals surface area contributed by atoms with Crippen LogP contribution < -0.4 is 5.32 Å². The van der Waals surface area contributed by atoms with Crippen LogP contribution in [0.3, 0.4) is 0 Å². The second-order valence-electron chi connectivity index (χ2n) is 7.52. The molecular formula is C24H27NO4. The fourth-order valence-corrected chi connectivity index (χ4v) is 3.35. The summed E-state index contributed by atoms with van der Waals surface area (Å²) in [6.45, 7) is 7.85. The van der Waals surface area contributed by atoms with E-state index in [1.165, 1.54) is 5.56 Å². The van der Waals surface area contributed by atoms with E-state index in [1.807, 2.05) is 43.3 Å². The zero-order valence-electron chi connectivity index (χ0n) is 17.4. The van der Waals surface area contributed by atoms with Crippen molar-refractivity contribution in [2.24, 2.45) is 0 Å². The Morgan fingerprint density at radius 3 is 2.69 bits per heavy atom. The molecule has 1 heterocycles. The molecular weight excluding hydrogens is 366 g/mol. The molecule has 0 bridgehead atoms. The topological polar surface area (TPSA) is 68.5 Å². The molecule has 1 N–H and O–H groups in total. The SMILES string of the molecule is CCc1ccc2c(CC(=O)OCC(=O)Nc3c(C)cccc3C(C)C)coc2c1. The lowest BCUT2D eigenvalue weighted by atomic mass is 9.98. The number of para-hydroxylation sites is 1. The number of benzene rings is 2. The van der Waals surface area contributed by atoms with E-state index in [4.69, 9.17) is 9.15 Å². The maximum atomic E-state index is 12.3. The van der Waals surface area contributed by atoms with Crippen molar-refractivity contribution in [3.63, 3.8) is 0 Å². The van der Waals surface area contributed by atoms with Gasteiger partial charge in [0.2, 0.25) is 0 Å². The van der Waals surface area contributed by atoms with Gasteiger partial charge < -0.3 is 14.5 Å². The fourth-order valence-electron chi connectivity index (χ4n) is 3.35. The highest BCUT2D eigenvalue weighted by Gasteiger charge is 2.15. The van der Waals surface area contributed by atoms with E-state index in [1.54, 1.807) is 6.26 Å². The first kappa shape index (κ1) is 20.6. The molecule has 5 nitrogen and oxygen atoms in total. The first-order chi connectivity index (χ1) is 13.9. The van der Waals surface area contributed by atoms with Crippen LogP contribution in [-0.4, -0.2) is 18.5 Å². The van der Waals surface area contributed by atoms with E-state index in [2.05, 4.69) is 26.1 Å². The first-order valence-electron chi connectivity index (χ1n) is 9.93. The van der Waals surface area contributed by atoms with E-state index in [-0.39, 0.29) is 24.9 Å². The van der Waals surface area contributed by atoms with Crippen LogP contribution in [0.2, 0.25) is 0 Å². The molecule has 152 valence electrons. The third-order valence-corrected chi connectivity index (χ3v) is 5.02. The number of rotatable bonds is 7. The predicted octanol–water partition coefficient (Wildman–Crippen LogP) is 5.15. The number of hydrogen-bond acceptors (Lipinski definition) is 4. The number of amides is 1. The van der Waals surface area contributed by atoms with Gasteiger partial charge in [-0.3, -0.25) is 9.59 Å². The van der Waals surface area contributed by atoms with E-state index in [9.17, 15) is 9.59 Å². The summed E-state index contributed by atoms with van der Waals surface area (Å²) < 4.78 is 10.7. The molecule has 2 aromatic carbocycles. The minimum absolute atomic E-state index is 0.0629. The van der Waals surface area contributed by atoms with Crippen LogP contribution in [0.5, 0.6) is 0 Å². The quantitative estimate of drug-likeness (QED) is 0.564. The molecule has 5 heteroatoms. The normalized spacial score (nSPS) is 11.1. The number of ether oxygens (including phenoxy) is 1. The van der Waals surface area contributed by atoms with Crippen LogP contribution in [0.15, 0.2) is 47.1 Å². The van der Waals surface area contributed by atoms with Gasteiger partial charge in [-0.2, -0.15) is 0 Å². The van der Waals surface area contributed by atoms with Crippen molar-refractivity contribution in [3.05, 3.63) is 64.9 Å². The van der Waals surface area contributed by atoms with Crippen molar-refractivity contribution in [2.75, 3.05) is 11.9 Å². The van der Waals surface area contributed by atoms with Gasteiger partial charge in [0.15, 0.2) is 6.61 Å². The third kappa shape index (κ3) is 4.86. The Kier molecular flexibility index (Phi) is 6.37. The van der Waals surface area contributed by atoms with Gasteiger partial charge in [-0.25, -0.2) is 0 Å². The monoisotopic (exact) mass is 393 g/mol. The minimum atomic E-state index is -0.462. The average Bonchev–Trinajstić information content (AvgIpc) is 3.09. The Hall–Kier alpha value is -3.08. The molecule has 0 aliphatic heterocycles. The molecule has 0 unspecified atom stereocenters. The number of furan rings is 1. The Bertz CT molecular complexity index is 1030. The van der Waals surface area contributed by atoms with Gasteiger partial charge in [-0.05, 0) is 42.0 Å². The second-order valence-corrected chi connectivity index (χ2v) is 7.52. The molecule has 0 atom stereocenters. The molecule has 0 aliphatic rings. The zero-order chi connectivity index (χ0) is 21.0. The molecule has 3 aromatic rings. The highest BCUT2D eigenvalue weighted by atomic mass is 16.5. The van der Waals surface area contributed by atoms with E-state index < -0.39 is 5.97 Å². The van der Waals surface area contributed by atoms with Gasteiger partial charge in [-0.1, -0.05) is 51.1 Å². The maximum Gasteiger partial charge on any atom is 0.310 e. The lowest BCUT2D eigenvalue weighted by Gasteiger charge is -2.16. The van der Waals surface area contributed by atoms with Crippen molar-refractivity contribution in [3.8, 4) is 0 Å². The summed E-state index contributed by atoms with van der Waals surface area (Å²) in [5.74, 6) is -0.536. The predicted molar refractivity (Wildman–Crippen MR) is 114 cm³/mol. The van der Waals surface area contributed by atoms with E-state index in [0.717, 1.165) is 39.8 Å². The number of fused-ring (bicyclic) bond motifs is 1. The van der Waals surface area contributed by atoms with Crippen LogP contribution >= 0.6 is 0 Å². The van der Waals surface area contributed by atoms with Crippen molar-refractivity contribution >= 4 is 28.5 Å². The largest absolute Gasteiger partial charge is 0.464 e. The van der Waals surface area contributed by atoms with Crippen LogP contribution in [0.25, 0.3) is 11.0 Å². The number of carbonyl (C=O) groups is 2. The van der Waals surface area contributed by atoms with Crippen molar-refractivity contribution in [1.82, 2.24) is 0 Å². The smallest absolute Gasteiger partial charge is 0.310 e. The van der Waals surface area contributed by atoms with Crippen molar-refractivity contribution < 1.29 is 18.7 Å². The summed E-state index contributed by atoms with van der Waals surface area (Å²) in [5, 5.41) is 3.78. The molecule has 0 radical (unpaired) electrons. The lowest BCUT2D eigenvalue weighted by Crippen LogP contribution is -2.22. The summed E-state index contributed by atoms with van der Waals surface area (Å²) >= 11 is 0. The Morgan fingerprint density at radius 2 is 1.97 bits per heavy atom. The number of hydrogen-bond donors (Lipinski definition) is 1. The lowest BCUT2D eigenvalue weighted by molar-refractivity contribution is -0.146. The summed E-state index contributed by atoms with van der Waals surface area (Å²) in [6.07, 6.45) is 2.56. The summed E-state index contributed by atoms with van der Waals surface area (Å²) in [7, 11) is 0. The highest BCUT2D eigenvalue weighted by molar-refractivity contribution is 5.94. The minimum Gasteiger partial charge on any atom is -0.464 e. The number of carbonyl (C=O) groups excluding carboxylic acids is 2. The third-order valence-electron chi connectivity index (χ3n) is 5.02. The Morgan fingerprint density at radius 1 is 1.17 bits per heavy atom. The van der Waals surface area contributed by atoms with E-state index >= 15 is 0 Å². The van der Waals surface area contributed by atoms with Crippen molar-refractivity contribution in [1.29, 1.82) is 0 Å². The molecule has 0 saturated carbocycles. The summed E-state index contributed by atoms with van der Waals surface area (Å²) in [4.78, 5) is 24.6. The molecule has 3 rings (SSSR count). The second kappa shape index (κ2) is 8.95. The number of aryl methyl sites for hydroxylation is 2. The number of nitrogens with one attached hydrogen (secondary N) is 1. The summed E-state index contributed by atoms with van der Waals surface area (Å²) in [6, 6.07) is 11.9. The van der Waals surface area contributed by atoms with Crippen LogP contribution in [0, 0.1) is 6.92 Å². The Balaban J connectivity index is 1.60. The average molecular weight is 393 g/mol. The van der Waals surface area contributed by atoms with Crippen LogP contribution in [0.1, 0.15) is 48.9 Å². The van der Waals surface area contributed by atoms with Gasteiger partial charge in [0, 0.05) is 16.6 Å². The Labute approximate surface area is 171 Å². The van der Waals surface area contributed by atoms with Gasteiger partial charge in [0.25, 0.3) is 5.91 Å². The molecule has 1 amide bonds.